The van der Waals surface area contributed by atoms with E-state index >= 15 is 0 Å². The molecule has 0 fully saturated rings. The Morgan fingerprint density at radius 1 is 0.792 bits per heavy atom. The number of halogens is 10. The van der Waals surface area contributed by atoms with E-state index in [2.05, 4.69) is 0 Å². The number of rotatable bonds is 3. The van der Waals surface area contributed by atoms with E-state index in [-0.39, 0.29) is 24.3 Å². The number of non-ortho nitro benzene ring substituents is 1. The predicted octanol–water partition coefficient (Wildman–Crippen LogP) is 5.28. The summed E-state index contributed by atoms with van der Waals surface area (Å²) in [6.07, 6.45) is -25.8. The molecule has 0 saturated carbocycles. The first-order valence-electron chi connectivity index (χ1n) is 5.66. The fourth-order valence-corrected chi connectivity index (χ4v) is 1.93. The van der Waals surface area contributed by atoms with Crippen molar-refractivity contribution in [2.45, 2.75) is 24.7 Å². The second kappa shape index (κ2) is 5.77. The fourth-order valence-electron chi connectivity index (χ4n) is 1.93. The number of nitro groups is 1. The number of alkyl halides is 10. The van der Waals surface area contributed by atoms with Gasteiger partial charge in [0.2, 0.25) is 0 Å². The summed E-state index contributed by atoms with van der Waals surface area (Å²) in [5.74, 6) is 0. The summed E-state index contributed by atoms with van der Waals surface area (Å²) in [6.45, 7) is 0. The van der Waals surface area contributed by atoms with Gasteiger partial charge in [0, 0.05) is 12.1 Å². The van der Waals surface area contributed by atoms with Crippen LogP contribution in [0.3, 0.4) is 0 Å². The molecule has 1 atom stereocenters. The molecule has 0 aliphatic heterocycles. The van der Waals surface area contributed by atoms with E-state index in [4.69, 9.17) is 0 Å². The molecule has 3 nitrogen and oxygen atoms in total. The number of nitrogens with zero attached hydrogens (tertiary/aromatic N) is 1. The van der Waals surface area contributed by atoms with Gasteiger partial charge in [-0.1, -0.05) is 0 Å². The lowest BCUT2D eigenvalue weighted by Crippen LogP contribution is -2.62. The van der Waals surface area contributed by atoms with E-state index in [9.17, 15) is 54.0 Å². The molecule has 0 radical (unpaired) electrons. The molecular weight excluding hydrogens is 368 g/mol. The van der Waals surface area contributed by atoms with Crippen LogP contribution in [-0.4, -0.2) is 23.5 Å². The molecule has 1 aromatic rings. The van der Waals surface area contributed by atoms with Crippen molar-refractivity contribution in [3.8, 4) is 0 Å². The molecule has 24 heavy (non-hydrogen) atoms. The van der Waals surface area contributed by atoms with E-state index in [0.717, 1.165) is 0 Å². The summed E-state index contributed by atoms with van der Waals surface area (Å²) in [5.41, 5.74) is -9.20. The Bertz CT molecular complexity index is 565. The zero-order chi connectivity index (χ0) is 19.1. The van der Waals surface area contributed by atoms with Gasteiger partial charge < -0.3 is 0 Å². The molecule has 1 unspecified atom stereocenters. The van der Waals surface area contributed by atoms with Crippen LogP contribution in [0.25, 0.3) is 0 Å². The first kappa shape index (κ1) is 20.0. The van der Waals surface area contributed by atoms with Gasteiger partial charge >= 0.3 is 18.5 Å². The average molecular weight is 373 g/mol. The van der Waals surface area contributed by atoms with Crippen molar-refractivity contribution in [2.75, 3.05) is 0 Å². The summed E-state index contributed by atoms with van der Waals surface area (Å²) in [4.78, 5) is 9.21. The smallest absolute Gasteiger partial charge is 0.258 e. The minimum absolute atomic E-state index is 0.0563. The van der Waals surface area contributed by atoms with Crippen LogP contribution >= 0.6 is 0 Å². The lowest BCUT2D eigenvalue weighted by atomic mass is 9.77. The van der Waals surface area contributed by atoms with E-state index in [1.54, 1.807) is 0 Å². The molecule has 1 rings (SSSR count). The Kier molecular flexibility index (Phi) is 4.80. The highest BCUT2D eigenvalue weighted by Gasteiger charge is 2.87. The molecule has 0 aliphatic rings. The van der Waals surface area contributed by atoms with Gasteiger partial charge in [0.15, 0.2) is 6.17 Å². The maximum Gasteiger partial charge on any atom is 0.415 e. The summed E-state index contributed by atoms with van der Waals surface area (Å²) in [7, 11) is 0. The molecule has 1 aromatic carbocycles. The first-order chi connectivity index (χ1) is 10.6. The molecule has 0 aromatic heterocycles. The van der Waals surface area contributed by atoms with Crippen LogP contribution in [-0.2, 0) is 0 Å². The highest BCUT2D eigenvalue weighted by atomic mass is 19.4. The Balaban J connectivity index is 3.63. The van der Waals surface area contributed by atoms with Gasteiger partial charge in [-0.15, -0.1) is 0 Å². The van der Waals surface area contributed by atoms with Crippen molar-refractivity contribution >= 4 is 5.69 Å². The molecule has 0 aliphatic carbocycles. The van der Waals surface area contributed by atoms with Crippen LogP contribution in [0.1, 0.15) is 11.7 Å². The standard InChI is InChI=1S/C11H5F10NO2/c12-7(5-1-3-6(4-2-5)22(23)24)8(9(13,14)15,10(16,17)18)11(19,20)21/h1-4,7H. The maximum absolute atomic E-state index is 13.9. The molecule has 136 valence electrons. The minimum atomic E-state index is -7.06. The summed E-state index contributed by atoms with van der Waals surface area (Å²) in [6, 6.07) is 0.688. The predicted molar refractivity (Wildman–Crippen MR) is 57.5 cm³/mol. The molecule has 0 amide bonds. The summed E-state index contributed by atoms with van der Waals surface area (Å²) in [5, 5.41) is 10.3. The zero-order valence-corrected chi connectivity index (χ0v) is 10.9. The zero-order valence-electron chi connectivity index (χ0n) is 10.9. The van der Waals surface area contributed by atoms with Gasteiger partial charge in [-0.2, -0.15) is 39.5 Å². The Labute approximate surface area is 126 Å². The van der Waals surface area contributed by atoms with Crippen LogP contribution in [0.5, 0.6) is 0 Å². The number of hydrogen-bond acceptors (Lipinski definition) is 2. The second-order valence-corrected chi connectivity index (χ2v) is 4.51. The van der Waals surface area contributed by atoms with Gasteiger partial charge in [0.05, 0.1) is 4.92 Å². The Hall–Kier alpha value is -2.08. The second-order valence-electron chi connectivity index (χ2n) is 4.51. The topological polar surface area (TPSA) is 43.1 Å². The fraction of sp³-hybridized carbons (Fsp3) is 0.455. The summed E-state index contributed by atoms with van der Waals surface area (Å²) >= 11 is 0. The van der Waals surface area contributed by atoms with Crippen LogP contribution in [0.4, 0.5) is 49.6 Å². The molecule has 13 heteroatoms. The molecule has 0 saturated heterocycles. The van der Waals surface area contributed by atoms with Crippen molar-refractivity contribution in [1.29, 1.82) is 0 Å². The van der Waals surface area contributed by atoms with Gasteiger partial charge in [-0.25, -0.2) is 4.39 Å². The van der Waals surface area contributed by atoms with E-state index in [1.807, 2.05) is 0 Å². The lowest BCUT2D eigenvalue weighted by molar-refractivity contribution is -0.443. The van der Waals surface area contributed by atoms with Gasteiger partial charge in [0.25, 0.3) is 11.1 Å². The molecule has 0 N–H and O–H groups in total. The highest BCUT2D eigenvalue weighted by molar-refractivity contribution is 5.35. The highest BCUT2D eigenvalue weighted by Crippen LogP contribution is 2.66. The van der Waals surface area contributed by atoms with Crippen LogP contribution in [0, 0.1) is 15.5 Å². The monoisotopic (exact) mass is 373 g/mol. The third-order valence-electron chi connectivity index (χ3n) is 3.12. The van der Waals surface area contributed by atoms with Crippen molar-refractivity contribution in [1.82, 2.24) is 0 Å². The normalized spacial score (nSPS) is 15.2. The van der Waals surface area contributed by atoms with Crippen LogP contribution in [0.15, 0.2) is 24.3 Å². The maximum atomic E-state index is 13.9. The number of benzene rings is 1. The molecule has 0 heterocycles. The van der Waals surface area contributed by atoms with Gasteiger partial charge in [0.1, 0.15) is 0 Å². The minimum Gasteiger partial charge on any atom is -0.258 e. The van der Waals surface area contributed by atoms with Gasteiger partial charge in [-0.3, -0.25) is 10.1 Å². The van der Waals surface area contributed by atoms with Crippen molar-refractivity contribution in [3.63, 3.8) is 0 Å². The molecular formula is C11H5F10NO2. The van der Waals surface area contributed by atoms with Crippen molar-refractivity contribution in [3.05, 3.63) is 39.9 Å². The van der Waals surface area contributed by atoms with E-state index < -0.39 is 46.3 Å². The first-order valence-corrected chi connectivity index (χ1v) is 5.66. The van der Waals surface area contributed by atoms with Crippen LogP contribution in [0.2, 0.25) is 0 Å². The van der Waals surface area contributed by atoms with E-state index in [0.29, 0.717) is 0 Å². The number of hydrogen-bond donors (Lipinski definition) is 0. The van der Waals surface area contributed by atoms with E-state index in [1.165, 1.54) is 0 Å². The third kappa shape index (κ3) is 2.98. The SMILES string of the molecule is O=[N+]([O-])c1ccc(C(F)C(C(F)(F)F)(C(F)(F)F)C(F)(F)F)cc1. The van der Waals surface area contributed by atoms with Gasteiger partial charge in [-0.05, 0) is 17.7 Å². The third-order valence-corrected chi connectivity index (χ3v) is 3.12. The largest absolute Gasteiger partial charge is 0.415 e. The number of nitro benzene ring substituents is 1. The average Bonchev–Trinajstić information content (AvgIpc) is 2.33. The lowest BCUT2D eigenvalue weighted by Gasteiger charge is -2.40. The Morgan fingerprint density at radius 2 is 1.12 bits per heavy atom. The van der Waals surface area contributed by atoms with Crippen molar-refractivity contribution < 1.29 is 48.8 Å². The van der Waals surface area contributed by atoms with Crippen molar-refractivity contribution in [2.24, 2.45) is 5.41 Å². The Morgan fingerprint density at radius 3 is 1.38 bits per heavy atom. The molecule has 0 spiro atoms. The molecule has 0 bridgehead atoms. The quantitative estimate of drug-likeness (QED) is 0.411. The van der Waals surface area contributed by atoms with Crippen LogP contribution < -0.4 is 0 Å². The summed E-state index contributed by atoms with van der Waals surface area (Å²) < 4.78 is 128.